The lowest BCUT2D eigenvalue weighted by atomic mass is 10.1. The molecular weight excluding hydrogens is 170 g/mol. The second kappa shape index (κ2) is 10.8. The molecule has 0 atom stereocenters. The lowest BCUT2D eigenvalue weighted by Crippen LogP contribution is -1.99. The van der Waals surface area contributed by atoms with Crippen molar-refractivity contribution in [3.8, 4) is 0 Å². The molecule has 14 heavy (non-hydrogen) atoms. The van der Waals surface area contributed by atoms with E-state index in [0.717, 1.165) is 6.54 Å². The van der Waals surface area contributed by atoms with Gasteiger partial charge in [0.1, 0.15) is 0 Å². The highest BCUT2D eigenvalue weighted by Crippen LogP contribution is 2.09. The van der Waals surface area contributed by atoms with Gasteiger partial charge in [0.15, 0.2) is 0 Å². The molecule has 0 aromatic rings. The van der Waals surface area contributed by atoms with E-state index in [9.17, 15) is 0 Å². The third-order valence-corrected chi connectivity index (χ3v) is 2.62. The molecule has 0 aromatic carbocycles. The van der Waals surface area contributed by atoms with Crippen LogP contribution in [0.4, 0.5) is 0 Å². The van der Waals surface area contributed by atoms with Crippen LogP contribution in [0, 0.1) is 0 Å². The molecule has 0 saturated carbocycles. The molecule has 0 spiro atoms. The zero-order valence-corrected chi connectivity index (χ0v) is 10.0. The van der Waals surface area contributed by atoms with E-state index in [1.54, 1.807) is 0 Å². The van der Waals surface area contributed by atoms with Crippen LogP contribution < -0.4 is 5.73 Å². The molecular formula is C13H27N. The molecule has 84 valence electrons. The fourth-order valence-electron chi connectivity index (χ4n) is 1.53. The molecule has 0 heterocycles. The highest BCUT2D eigenvalue weighted by Gasteiger charge is 1.90. The first-order valence-electron chi connectivity index (χ1n) is 6.17. The minimum atomic E-state index is 0.719. The molecule has 2 N–H and O–H groups in total. The van der Waals surface area contributed by atoms with Crippen molar-refractivity contribution in [2.75, 3.05) is 6.54 Å². The second-order valence-electron chi connectivity index (χ2n) is 4.16. The molecule has 0 fully saturated rings. The average molecular weight is 197 g/mol. The van der Waals surface area contributed by atoms with Crippen molar-refractivity contribution in [3.63, 3.8) is 0 Å². The fraction of sp³-hybridized carbons (Fsp3) is 0.846. The molecule has 0 saturated heterocycles. The number of allylic oxidation sites excluding steroid dienone is 1. The summed E-state index contributed by atoms with van der Waals surface area (Å²) in [4.78, 5) is 0. The minimum Gasteiger partial charge on any atom is -0.327 e. The van der Waals surface area contributed by atoms with Crippen LogP contribution in [-0.4, -0.2) is 6.54 Å². The van der Waals surface area contributed by atoms with Crippen molar-refractivity contribution < 1.29 is 0 Å². The summed E-state index contributed by atoms with van der Waals surface area (Å²) in [5.41, 5.74) is 6.83. The van der Waals surface area contributed by atoms with Crippen molar-refractivity contribution in [1.82, 2.24) is 0 Å². The van der Waals surface area contributed by atoms with Crippen molar-refractivity contribution in [2.45, 2.75) is 65.2 Å². The van der Waals surface area contributed by atoms with Gasteiger partial charge < -0.3 is 5.73 Å². The Balaban J connectivity index is 3.06. The maximum atomic E-state index is 5.50. The Hall–Kier alpha value is -0.300. The van der Waals surface area contributed by atoms with Crippen LogP contribution in [0.15, 0.2) is 11.6 Å². The van der Waals surface area contributed by atoms with Crippen LogP contribution in [-0.2, 0) is 0 Å². The van der Waals surface area contributed by atoms with Crippen LogP contribution in [0.2, 0.25) is 0 Å². The van der Waals surface area contributed by atoms with E-state index in [0.29, 0.717) is 0 Å². The highest BCUT2D eigenvalue weighted by atomic mass is 14.5. The van der Waals surface area contributed by atoms with Gasteiger partial charge in [-0.15, -0.1) is 0 Å². The summed E-state index contributed by atoms with van der Waals surface area (Å²) in [6.07, 6.45) is 13.2. The quantitative estimate of drug-likeness (QED) is 0.438. The molecule has 0 bridgehead atoms. The summed E-state index contributed by atoms with van der Waals surface area (Å²) in [6.45, 7) is 5.10. The van der Waals surface area contributed by atoms with Gasteiger partial charge in [0.2, 0.25) is 0 Å². The molecule has 0 aliphatic carbocycles. The second-order valence-corrected chi connectivity index (χ2v) is 4.16. The van der Waals surface area contributed by atoms with E-state index in [2.05, 4.69) is 19.9 Å². The summed E-state index contributed by atoms with van der Waals surface area (Å²) < 4.78 is 0. The monoisotopic (exact) mass is 197 g/mol. The standard InChI is InChI=1S/C13H27N/c1-3-4-5-6-7-8-9-10-11-13(2)12-14/h11H,3-10,12,14H2,1-2H3/b13-11+. The molecule has 0 rings (SSSR count). The topological polar surface area (TPSA) is 26.0 Å². The summed E-state index contributed by atoms with van der Waals surface area (Å²) in [6, 6.07) is 0. The first-order chi connectivity index (χ1) is 6.81. The van der Waals surface area contributed by atoms with E-state index in [-0.39, 0.29) is 0 Å². The van der Waals surface area contributed by atoms with E-state index >= 15 is 0 Å². The van der Waals surface area contributed by atoms with Gasteiger partial charge in [0.25, 0.3) is 0 Å². The molecule has 0 aliphatic heterocycles. The van der Waals surface area contributed by atoms with E-state index < -0.39 is 0 Å². The van der Waals surface area contributed by atoms with Crippen LogP contribution in [0.5, 0.6) is 0 Å². The largest absolute Gasteiger partial charge is 0.327 e. The summed E-state index contributed by atoms with van der Waals surface area (Å²) >= 11 is 0. The number of hydrogen-bond donors (Lipinski definition) is 1. The fourth-order valence-corrected chi connectivity index (χ4v) is 1.53. The molecule has 0 unspecified atom stereocenters. The molecule has 1 nitrogen and oxygen atoms in total. The van der Waals surface area contributed by atoms with Crippen molar-refractivity contribution >= 4 is 0 Å². The van der Waals surface area contributed by atoms with Crippen molar-refractivity contribution in [1.29, 1.82) is 0 Å². The lowest BCUT2D eigenvalue weighted by Gasteiger charge is -1.99. The molecule has 0 radical (unpaired) electrons. The van der Waals surface area contributed by atoms with Gasteiger partial charge in [-0.25, -0.2) is 0 Å². The van der Waals surface area contributed by atoms with Gasteiger partial charge in [0.05, 0.1) is 0 Å². The Morgan fingerprint density at radius 3 is 2.14 bits per heavy atom. The van der Waals surface area contributed by atoms with Gasteiger partial charge in [-0.1, -0.05) is 57.1 Å². The number of nitrogens with two attached hydrogens (primary N) is 1. The third kappa shape index (κ3) is 9.79. The molecule has 1 heteroatoms. The van der Waals surface area contributed by atoms with E-state index in [4.69, 9.17) is 5.73 Å². The smallest absolute Gasteiger partial charge is 0.0134 e. The summed E-state index contributed by atoms with van der Waals surface area (Å²) in [5.74, 6) is 0. The van der Waals surface area contributed by atoms with Crippen molar-refractivity contribution in [3.05, 3.63) is 11.6 Å². The lowest BCUT2D eigenvalue weighted by molar-refractivity contribution is 0.591. The predicted octanol–water partition coefficient (Wildman–Crippen LogP) is 4.03. The average Bonchev–Trinajstić information content (AvgIpc) is 2.21. The number of hydrogen-bond acceptors (Lipinski definition) is 1. The van der Waals surface area contributed by atoms with Gasteiger partial charge in [-0.3, -0.25) is 0 Å². The Labute approximate surface area is 89.8 Å². The predicted molar refractivity (Wildman–Crippen MR) is 65.4 cm³/mol. The minimum absolute atomic E-state index is 0.719. The maximum absolute atomic E-state index is 5.50. The van der Waals surface area contributed by atoms with Crippen LogP contribution >= 0.6 is 0 Å². The SMILES string of the molecule is CCCCCCCCC/C=C(\C)CN. The van der Waals surface area contributed by atoms with Gasteiger partial charge in [0, 0.05) is 6.54 Å². The summed E-state index contributed by atoms with van der Waals surface area (Å²) in [5, 5.41) is 0. The molecule has 0 aromatic heterocycles. The van der Waals surface area contributed by atoms with Crippen LogP contribution in [0.3, 0.4) is 0 Å². The van der Waals surface area contributed by atoms with Crippen LogP contribution in [0.25, 0.3) is 0 Å². The first kappa shape index (κ1) is 13.7. The summed E-state index contributed by atoms with van der Waals surface area (Å²) in [7, 11) is 0. The Kier molecular flexibility index (Phi) is 10.5. The Bertz CT molecular complexity index is 138. The normalized spacial score (nSPS) is 12.1. The first-order valence-corrected chi connectivity index (χ1v) is 6.17. The number of unbranched alkanes of at least 4 members (excludes halogenated alkanes) is 7. The van der Waals surface area contributed by atoms with Gasteiger partial charge >= 0.3 is 0 Å². The number of rotatable bonds is 9. The zero-order valence-electron chi connectivity index (χ0n) is 10.0. The van der Waals surface area contributed by atoms with Crippen molar-refractivity contribution in [2.24, 2.45) is 5.73 Å². The Morgan fingerprint density at radius 2 is 1.57 bits per heavy atom. The van der Waals surface area contributed by atoms with E-state index in [1.165, 1.54) is 56.9 Å². The van der Waals surface area contributed by atoms with Gasteiger partial charge in [-0.05, 0) is 19.8 Å². The van der Waals surface area contributed by atoms with Gasteiger partial charge in [-0.2, -0.15) is 0 Å². The van der Waals surface area contributed by atoms with E-state index in [1.807, 2.05) is 0 Å². The molecule has 0 aliphatic rings. The third-order valence-electron chi connectivity index (χ3n) is 2.62. The maximum Gasteiger partial charge on any atom is 0.0134 e. The zero-order chi connectivity index (χ0) is 10.6. The highest BCUT2D eigenvalue weighted by molar-refractivity contribution is 4.98. The van der Waals surface area contributed by atoms with Crippen LogP contribution in [0.1, 0.15) is 65.2 Å². The Morgan fingerprint density at radius 1 is 1.00 bits per heavy atom. The molecule has 0 amide bonds.